The van der Waals surface area contributed by atoms with E-state index in [0.717, 1.165) is 32.0 Å². The second-order valence-electron chi connectivity index (χ2n) is 5.49. The van der Waals surface area contributed by atoms with Crippen molar-refractivity contribution in [1.82, 2.24) is 10.6 Å². The molecular weight excluding hydrogens is 295 g/mol. The van der Waals surface area contributed by atoms with Crippen molar-refractivity contribution in [2.75, 3.05) is 33.4 Å². The lowest BCUT2D eigenvalue weighted by molar-refractivity contribution is 0.0511. The van der Waals surface area contributed by atoms with Crippen LogP contribution >= 0.6 is 11.6 Å². The molecule has 1 aliphatic rings. The number of carbonyl (C=O) groups is 1. The predicted molar refractivity (Wildman–Crippen MR) is 80.2 cm³/mol. The van der Waals surface area contributed by atoms with Crippen molar-refractivity contribution in [3.8, 4) is 0 Å². The minimum absolute atomic E-state index is 0.0147. The van der Waals surface area contributed by atoms with Crippen molar-refractivity contribution < 1.29 is 13.9 Å². The predicted octanol–water partition coefficient (Wildman–Crippen LogP) is 2.23. The van der Waals surface area contributed by atoms with Gasteiger partial charge in [-0.1, -0.05) is 11.6 Å². The second-order valence-corrected chi connectivity index (χ2v) is 5.93. The SMILES string of the molecule is COCC1(CNC(=O)c2ccc(Cl)cc2F)CCNCC1. The summed E-state index contributed by atoms with van der Waals surface area (Å²) in [5.74, 6) is -1.02. The second kappa shape index (κ2) is 7.20. The van der Waals surface area contributed by atoms with E-state index in [9.17, 15) is 9.18 Å². The maximum absolute atomic E-state index is 13.7. The number of hydrogen-bond donors (Lipinski definition) is 2. The summed E-state index contributed by atoms with van der Waals surface area (Å²) < 4.78 is 19.0. The first-order chi connectivity index (χ1) is 10.1. The van der Waals surface area contributed by atoms with Crippen LogP contribution in [-0.4, -0.2) is 39.3 Å². The summed E-state index contributed by atoms with van der Waals surface area (Å²) in [6, 6.07) is 4.05. The minimum Gasteiger partial charge on any atom is -0.384 e. The third-order valence-electron chi connectivity index (χ3n) is 3.91. The molecular formula is C15H20ClFN2O2. The fraction of sp³-hybridized carbons (Fsp3) is 0.533. The Morgan fingerprint density at radius 3 is 2.81 bits per heavy atom. The number of benzene rings is 1. The third-order valence-corrected chi connectivity index (χ3v) is 4.15. The number of methoxy groups -OCH3 is 1. The van der Waals surface area contributed by atoms with Crippen LogP contribution in [0.3, 0.4) is 0 Å². The van der Waals surface area contributed by atoms with E-state index in [1.165, 1.54) is 12.1 Å². The van der Waals surface area contributed by atoms with Crippen molar-refractivity contribution in [3.63, 3.8) is 0 Å². The lowest BCUT2D eigenvalue weighted by Gasteiger charge is -2.37. The number of amides is 1. The van der Waals surface area contributed by atoms with E-state index >= 15 is 0 Å². The molecule has 6 heteroatoms. The number of halogens is 2. The zero-order valence-electron chi connectivity index (χ0n) is 12.0. The molecule has 0 aliphatic carbocycles. The first-order valence-corrected chi connectivity index (χ1v) is 7.37. The van der Waals surface area contributed by atoms with Crippen molar-refractivity contribution in [1.29, 1.82) is 0 Å². The Morgan fingerprint density at radius 2 is 2.19 bits per heavy atom. The van der Waals surface area contributed by atoms with Crippen LogP contribution in [0.15, 0.2) is 18.2 Å². The van der Waals surface area contributed by atoms with E-state index in [1.807, 2.05) is 0 Å². The molecule has 0 saturated carbocycles. The number of piperidine rings is 1. The zero-order chi connectivity index (χ0) is 15.3. The monoisotopic (exact) mass is 314 g/mol. The third kappa shape index (κ3) is 4.15. The fourth-order valence-electron chi connectivity index (χ4n) is 2.67. The molecule has 0 bridgehead atoms. The van der Waals surface area contributed by atoms with Crippen molar-refractivity contribution in [2.24, 2.45) is 5.41 Å². The van der Waals surface area contributed by atoms with Crippen LogP contribution in [0.4, 0.5) is 4.39 Å². The molecule has 2 rings (SSSR count). The van der Waals surface area contributed by atoms with E-state index in [2.05, 4.69) is 10.6 Å². The van der Waals surface area contributed by atoms with Crippen molar-refractivity contribution in [3.05, 3.63) is 34.6 Å². The first kappa shape index (κ1) is 16.2. The van der Waals surface area contributed by atoms with Gasteiger partial charge in [0.2, 0.25) is 0 Å². The molecule has 21 heavy (non-hydrogen) atoms. The topological polar surface area (TPSA) is 50.4 Å². The maximum atomic E-state index is 13.7. The Labute approximate surface area is 129 Å². The van der Waals surface area contributed by atoms with Gasteiger partial charge in [-0.2, -0.15) is 0 Å². The zero-order valence-corrected chi connectivity index (χ0v) is 12.8. The molecule has 1 saturated heterocycles. The Balaban J connectivity index is 2.01. The molecule has 1 aromatic carbocycles. The molecule has 116 valence electrons. The van der Waals surface area contributed by atoms with Gasteiger partial charge in [0, 0.05) is 24.1 Å². The smallest absolute Gasteiger partial charge is 0.254 e. The van der Waals surface area contributed by atoms with E-state index in [4.69, 9.17) is 16.3 Å². The molecule has 0 unspecified atom stereocenters. The normalized spacial score (nSPS) is 17.5. The summed E-state index contributed by atoms with van der Waals surface area (Å²) in [7, 11) is 1.66. The Morgan fingerprint density at radius 1 is 1.48 bits per heavy atom. The molecule has 0 radical (unpaired) electrons. The van der Waals surface area contributed by atoms with Crippen LogP contribution in [-0.2, 0) is 4.74 Å². The average Bonchev–Trinajstić information content (AvgIpc) is 2.46. The van der Waals surface area contributed by atoms with Gasteiger partial charge < -0.3 is 15.4 Å². The highest BCUT2D eigenvalue weighted by Gasteiger charge is 2.32. The molecule has 1 amide bonds. The van der Waals surface area contributed by atoms with Crippen molar-refractivity contribution in [2.45, 2.75) is 12.8 Å². The molecule has 1 fully saturated rings. The van der Waals surface area contributed by atoms with Gasteiger partial charge in [0.1, 0.15) is 5.82 Å². The Bertz CT molecular complexity index is 499. The van der Waals surface area contributed by atoms with Crippen LogP contribution in [0.2, 0.25) is 5.02 Å². The van der Waals surface area contributed by atoms with Gasteiger partial charge in [0.15, 0.2) is 0 Å². The summed E-state index contributed by atoms with van der Waals surface area (Å²) in [5.41, 5.74) is -0.0700. The highest BCUT2D eigenvalue weighted by Crippen LogP contribution is 2.28. The highest BCUT2D eigenvalue weighted by atomic mass is 35.5. The van der Waals surface area contributed by atoms with Gasteiger partial charge in [0.25, 0.3) is 5.91 Å². The minimum atomic E-state index is -0.605. The quantitative estimate of drug-likeness (QED) is 0.876. The molecule has 0 atom stereocenters. The van der Waals surface area contributed by atoms with Crippen LogP contribution in [0.5, 0.6) is 0 Å². The van der Waals surface area contributed by atoms with Gasteiger partial charge in [-0.15, -0.1) is 0 Å². The maximum Gasteiger partial charge on any atom is 0.254 e. The van der Waals surface area contributed by atoms with Crippen LogP contribution < -0.4 is 10.6 Å². The van der Waals surface area contributed by atoms with Crippen LogP contribution in [0.25, 0.3) is 0 Å². The van der Waals surface area contributed by atoms with Crippen LogP contribution in [0, 0.1) is 11.2 Å². The molecule has 2 N–H and O–H groups in total. The number of carbonyl (C=O) groups excluding carboxylic acids is 1. The lowest BCUT2D eigenvalue weighted by atomic mass is 9.79. The van der Waals surface area contributed by atoms with Crippen LogP contribution in [0.1, 0.15) is 23.2 Å². The number of hydrogen-bond acceptors (Lipinski definition) is 3. The number of nitrogens with one attached hydrogen (secondary N) is 2. The summed E-state index contributed by atoms with van der Waals surface area (Å²) in [6.07, 6.45) is 1.84. The summed E-state index contributed by atoms with van der Waals surface area (Å²) in [4.78, 5) is 12.1. The average molecular weight is 315 g/mol. The van der Waals surface area contributed by atoms with E-state index in [1.54, 1.807) is 7.11 Å². The first-order valence-electron chi connectivity index (χ1n) is 6.99. The van der Waals surface area contributed by atoms with Crippen molar-refractivity contribution >= 4 is 17.5 Å². The highest BCUT2D eigenvalue weighted by molar-refractivity contribution is 6.30. The van der Waals surface area contributed by atoms with Gasteiger partial charge in [-0.25, -0.2) is 4.39 Å². The number of rotatable bonds is 5. The fourth-order valence-corrected chi connectivity index (χ4v) is 2.83. The molecule has 1 aliphatic heterocycles. The molecule has 0 spiro atoms. The lowest BCUT2D eigenvalue weighted by Crippen LogP contribution is -2.47. The van der Waals surface area contributed by atoms with E-state index in [-0.39, 0.29) is 16.0 Å². The molecule has 1 aromatic rings. The van der Waals surface area contributed by atoms with Gasteiger partial charge >= 0.3 is 0 Å². The van der Waals surface area contributed by atoms with E-state index in [0.29, 0.717) is 13.2 Å². The largest absolute Gasteiger partial charge is 0.384 e. The molecule has 1 heterocycles. The standard InChI is InChI=1S/C15H20ClFN2O2/c1-21-10-15(4-6-18-7-5-15)9-19-14(20)12-3-2-11(16)8-13(12)17/h2-3,8,18H,4-7,9-10H2,1H3,(H,19,20). The molecule has 0 aromatic heterocycles. The number of ether oxygens (including phenoxy) is 1. The Hall–Kier alpha value is -1.17. The van der Waals surface area contributed by atoms with E-state index < -0.39 is 11.7 Å². The van der Waals surface area contributed by atoms with Gasteiger partial charge in [-0.3, -0.25) is 4.79 Å². The Kier molecular flexibility index (Phi) is 5.56. The molecule has 4 nitrogen and oxygen atoms in total. The summed E-state index contributed by atoms with van der Waals surface area (Å²) in [5, 5.41) is 6.39. The summed E-state index contributed by atoms with van der Waals surface area (Å²) in [6.45, 7) is 2.85. The van der Waals surface area contributed by atoms with Gasteiger partial charge in [-0.05, 0) is 44.1 Å². The summed E-state index contributed by atoms with van der Waals surface area (Å²) >= 11 is 5.69. The van der Waals surface area contributed by atoms with Gasteiger partial charge in [0.05, 0.1) is 12.2 Å².